The number of amides is 2. The summed E-state index contributed by atoms with van der Waals surface area (Å²) in [4.78, 5) is 42.2. The average molecular weight is 393 g/mol. The minimum absolute atomic E-state index is 0.0276. The third-order valence-corrected chi connectivity index (χ3v) is 5.71. The number of piperidine rings is 1. The van der Waals surface area contributed by atoms with Gasteiger partial charge < -0.3 is 15.0 Å². The summed E-state index contributed by atoms with van der Waals surface area (Å²) in [5, 5.41) is 6.72. The molecule has 3 rings (SSSR count). The summed E-state index contributed by atoms with van der Waals surface area (Å²) in [5.74, 6) is -0.621. The van der Waals surface area contributed by atoms with Gasteiger partial charge in [-0.25, -0.2) is 4.98 Å². The van der Waals surface area contributed by atoms with Gasteiger partial charge in [0.25, 0.3) is 5.91 Å². The second-order valence-corrected chi connectivity index (χ2v) is 7.78. The molecule has 26 heavy (non-hydrogen) atoms. The van der Waals surface area contributed by atoms with Crippen LogP contribution in [-0.2, 0) is 20.9 Å². The van der Waals surface area contributed by atoms with Gasteiger partial charge in [0.1, 0.15) is 6.61 Å². The number of likely N-dealkylation sites (tertiary alicyclic amines) is 1. The van der Waals surface area contributed by atoms with Crippen molar-refractivity contribution in [3.05, 3.63) is 33.5 Å². The highest BCUT2D eigenvalue weighted by Crippen LogP contribution is 2.23. The van der Waals surface area contributed by atoms with Crippen LogP contribution in [0.2, 0.25) is 0 Å². The predicted octanol–water partition coefficient (Wildman–Crippen LogP) is 2.76. The molecule has 1 N–H and O–H groups in total. The van der Waals surface area contributed by atoms with Crippen LogP contribution in [0.4, 0.5) is 5.13 Å². The van der Waals surface area contributed by atoms with Gasteiger partial charge in [0, 0.05) is 25.4 Å². The van der Waals surface area contributed by atoms with Gasteiger partial charge in [-0.2, -0.15) is 0 Å². The van der Waals surface area contributed by atoms with Crippen LogP contribution < -0.4 is 5.32 Å². The number of thiophene rings is 1. The van der Waals surface area contributed by atoms with Crippen LogP contribution in [0.25, 0.3) is 0 Å². The number of rotatable bonds is 5. The van der Waals surface area contributed by atoms with Crippen molar-refractivity contribution >= 4 is 45.6 Å². The van der Waals surface area contributed by atoms with Crippen molar-refractivity contribution < 1.29 is 19.1 Å². The van der Waals surface area contributed by atoms with E-state index in [-0.39, 0.29) is 30.3 Å². The number of aromatic nitrogens is 1. The number of nitrogens with one attached hydrogen (secondary N) is 1. The molecule has 1 saturated heterocycles. The highest BCUT2D eigenvalue weighted by atomic mass is 32.1. The van der Waals surface area contributed by atoms with Crippen LogP contribution in [0.1, 0.15) is 35.1 Å². The van der Waals surface area contributed by atoms with Crippen LogP contribution in [0, 0.1) is 5.92 Å². The summed E-state index contributed by atoms with van der Waals surface area (Å²) in [6.45, 7) is 2.61. The zero-order valence-corrected chi connectivity index (χ0v) is 15.9. The average Bonchev–Trinajstić information content (AvgIpc) is 3.30. The zero-order chi connectivity index (χ0) is 18.5. The normalized spacial score (nSPS) is 14.9. The van der Waals surface area contributed by atoms with E-state index in [1.165, 1.54) is 29.6 Å². The third kappa shape index (κ3) is 4.67. The lowest BCUT2D eigenvalue weighted by Crippen LogP contribution is -2.40. The van der Waals surface area contributed by atoms with Crippen LogP contribution in [0.15, 0.2) is 22.9 Å². The molecule has 1 aliphatic heterocycles. The molecule has 0 bridgehead atoms. The Morgan fingerprint density at radius 3 is 2.73 bits per heavy atom. The standard InChI is InChI=1S/C17H19N3O4S2/c1-11(21)18-17-19-13(10-26-17)9-24-16(23)12-4-6-20(7-5-12)15(22)14-3-2-8-25-14/h2-3,8,10,12H,4-7,9H2,1H3,(H,18,19,21). The first-order chi connectivity index (χ1) is 12.5. The SMILES string of the molecule is CC(=O)Nc1nc(COC(=O)C2CCN(C(=O)c3cccs3)CC2)cs1. The van der Waals surface area contributed by atoms with Crippen molar-refractivity contribution in [2.24, 2.45) is 5.92 Å². The summed E-state index contributed by atoms with van der Waals surface area (Å²) in [5.41, 5.74) is 0.609. The number of esters is 1. The number of carbonyl (C=O) groups is 3. The number of thiazole rings is 1. The second-order valence-electron chi connectivity index (χ2n) is 5.98. The van der Waals surface area contributed by atoms with Crippen molar-refractivity contribution in [1.82, 2.24) is 9.88 Å². The molecule has 2 amide bonds. The maximum Gasteiger partial charge on any atom is 0.309 e. The Morgan fingerprint density at radius 1 is 1.31 bits per heavy atom. The summed E-state index contributed by atoms with van der Waals surface area (Å²) in [7, 11) is 0. The Bertz CT molecular complexity index is 780. The molecule has 0 unspecified atom stereocenters. The quantitative estimate of drug-likeness (QED) is 0.789. The second kappa shape index (κ2) is 8.41. The summed E-state index contributed by atoms with van der Waals surface area (Å²) < 4.78 is 5.34. The van der Waals surface area contributed by atoms with Crippen LogP contribution >= 0.6 is 22.7 Å². The summed E-state index contributed by atoms with van der Waals surface area (Å²) in [6, 6.07) is 3.67. The van der Waals surface area contributed by atoms with Crippen LogP contribution in [0.5, 0.6) is 0 Å². The van der Waals surface area contributed by atoms with Gasteiger partial charge in [-0.15, -0.1) is 22.7 Å². The van der Waals surface area contributed by atoms with Crippen molar-refractivity contribution in [2.45, 2.75) is 26.4 Å². The van der Waals surface area contributed by atoms with Crippen molar-refractivity contribution in [3.8, 4) is 0 Å². The first-order valence-corrected chi connectivity index (χ1v) is 10.0. The summed E-state index contributed by atoms with van der Waals surface area (Å²) in [6.07, 6.45) is 1.20. The molecule has 138 valence electrons. The third-order valence-electron chi connectivity index (χ3n) is 4.04. The lowest BCUT2D eigenvalue weighted by molar-refractivity contribution is -0.151. The van der Waals surface area contributed by atoms with Crippen molar-refractivity contribution in [3.63, 3.8) is 0 Å². The maximum absolute atomic E-state index is 12.3. The minimum atomic E-state index is -0.262. The van der Waals surface area contributed by atoms with Gasteiger partial charge in [0.05, 0.1) is 16.5 Å². The van der Waals surface area contributed by atoms with E-state index in [2.05, 4.69) is 10.3 Å². The lowest BCUT2D eigenvalue weighted by Gasteiger charge is -2.30. The van der Waals surface area contributed by atoms with E-state index in [4.69, 9.17) is 4.74 Å². The van der Waals surface area contributed by atoms with Crippen molar-refractivity contribution in [2.75, 3.05) is 18.4 Å². The van der Waals surface area contributed by atoms with Crippen LogP contribution in [-0.4, -0.2) is 40.8 Å². The van der Waals surface area contributed by atoms with Gasteiger partial charge in [-0.1, -0.05) is 6.07 Å². The Hall–Kier alpha value is -2.26. The molecule has 0 radical (unpaired) electrons. The number of ether oxygens (including phenoxy) is 1. The molecule has 0 aliphatic carbocycles. The van der Waals surface area contributed by atoms with Gasteiger partial charge in [-0.05, 0) is 24.3 Å². The largest absolute Gasteiger partial charge is 0.459 e. The molecule has 0 spiro atoms. The summed E-state index contributed by atoms with van der Waals surface area (Å²) >= 11 is 2.72. The van der Waals surface area contributed by atoms with E-state index in [1.807, 2.05) is 17.5 Å². The Labute approximate surface area is 159 Å². The van der Waals surface area contributed by atoms with E-state index in [0.717, 1.165) is 4.88 Å². The number of carbonyl (C=O) groups excluding carboxylic acids is 3. The predicted molar refractivity (Wildman–Crippen MR) is 99.2 cm³/mol. The fourth-order valence-electron chi connectivity index (χ4n) is 2.72. The smallest absolute Gasteiger partial charge is 0.309 e. The fourth-order valence-corrected chi connectivity index (χ4v) is 4.15. The van der Waals surface area contributed by atoms with Gasteiger partial charge >= 0.3 is 5.97 Å². The van der Waals surface area contributed by atoms with E-state index in [0.29, 0.717) is 36.8 Å². The Morgan fingerprint density at radius 2 is 2.08 bits per heavy atom. The highest BCUT2D eigenvalue weighted by molar-refractivity contribution is 7.14. The van der Waals surface area contributed by atoms with Crippen molar-refractivity contribution in [1.29, 1.82) is 0 Å². The molecular weight excluding hydrogens is 374 g/mol. The zero-order valence-electron chi connectivity index (χ0n) is 14.3. The molecule has 2 aromatic rings. The number of nitrogens with zero attached hydrogens (tertiary/aromatic N) is 2. The highest BCUT2D eigenvalue weighted by Gasteiger charge is 2.29. The molecule has 3 heterocycles. The fraction of sp³-hybridized carbons (Fsp3) is 0.412. The minimum Gasteiger partial charge on any atom is -0.459 e. The maximum atomic E-state index is 12.3. The van der Waals surface area contributed by atoms with Gasteiger partial charge in [0.2, 0.25) is 5.91 Å². The molecule has 1 aliphatic rings. The molecule has 9 heteroatoms. The molecule has 7 nitrogen and oxygen atoms in total. The first-order valence-electron chi connectivity index (χ1n) is 8.24. The Balaban J connectivity index is 1.44. The molecule has 0 atom stereocenters. The first kappa shape index (κ1) is 18.5. The monoisotopic (exact) mass is 393 g/mol. The molecule has 0 saturated carbocycles. The molecular formula is C17H19N3O4S2. The van der Waals surface area contributed by atoms with Gasteiger partial charge in [-0.3, -0.25) is 14.4 Å². The number of hydrogen-bond donors (Lipinski definition) is 1. The van der Waals surface area contributed by atoms with E-state index < -0.39 is 0 Å². The lowest BCUT2D eigenvalue weighted by atomic mass is 9.97. The molecule has 2 aromatic heterocycles. The van der Waals surface area contributed by atoms with E-state index in [1.54, 1.807) is 10.3 Å². The Kier molecular flexibility index (Phi) is 6.00. The molecule has 0 aromatic carbocycles. The van der Waals surface area contributed by atoms with E-state index in [9.17, 15) is 14.4 Å². The van der Waals surface area contributed by atoms with Crippen LogP contribution in [0.3, 0.4) is 0 Å². The molecule has 1 fully saturated rings. The van der Waals surface area contributed by atoms with E-state index >= 15 is 0 Å². The topological polar surface area (TPSA) is 88.6 Å². The number of hydrogen-bond acceptors (Lipinski definition) is 7. The number of anilines is 1. The van der Waals surface area contributed by atoms with Gasteiger partial charge in [0.15, 0.2) is 5.13 Å².